The van der Waals surface area contributed by atoms with Crippen molar-refractivity contribution in [2.24, 2.45) is 11.8 Å². The molecule has 0 radical (unpaired) electrons. The lowest BCUT2D eigenvalue weighted by Crippen LogP contribution is -2.58. The summed E-state index contributed by atoms with van der Waals surface area (Å²) >= 11 is 0. The maximum absolute atomic E-state index is 12.8. The average Bonchev–Trinajstić information content (AvgIpc) is 3.15. The van der Waals surface area contributed by atoms with Gasteiger partial charge in [-0.1, -0.05) is 25.5 Å². The number of hydrogen-bond acceptors (Lipinski definition) is 4. The third kappa shape index (κ3) is 4.39. The zero-order chi connectivity index (χ0) is 21.8. The first kappa shape index (κ1) is 22.0. The van der Waals surface area contributed by atoms with Crippen molar-refractivity contribution in [3.8, 4) is 5.75 Å². The van der Waals surface area contributed by atoms with Crippen LogP contribution < -0.4 is 10.1 Å². The number of methoxy groups -OCH3 is 1. The minimum Gasteiger partial charge on any atom is -0.497 e. The second-order valence-electron chi connectivity index (χ2n) is 9.39. The van der Waals surface area contributed by atoms with Crippen LogP contribution in [-0.2, 0) is 16.1 Å². The molecule has 3 aliphatic rings. The molecule has 1 aromatic carbocycles. The molecule has 0 aromatic heterocycles. The van der Waals surface area contributed by atoms with Crippen molar-refractivity contribution in [3.05, 3.63) is 29.8 Å². The van der Waals surface area contributed by atoms with E-state index in [1.807, 2.05) is 24.3 Å². The highest BCUT2D eigenvalue weighted by atomic mass is 16.6. The summed E-state index contributed by atoms with van der Waals surface area (Å²) in [6.45, 7) is 3.54. The van der Waals surface area contributed by atoms with Gasteiger partial charge in [-0.25, -0.2) is 4.79 Å². The fourth-order valence-electron chi connectivity index (χ4n) is 6.42. The van der Waals surface area contributed by atoms with Crippen LogP contribution in [0.4, 0.5) is 4.79 Å². The topological polar surface area (TPSA) is 67.9 Å². The first-order chi connectivity index (χ1) is 15.1. The Hall–Kier alpha value is -2.24. The Labute approximate surface area is 185 Å². The molecular formula is C25H36N2O4. The first-order valence-electron chi connectivity index (χ1n) is 12.0. The molecule has 2 heterocycles. The molecule has 0 unspecified atom stereocenters. The van der Waals surface area contributed by atoms with Crippen LogP contribution in [0.2, 0.25) is 0 Å². The maximum Gasteiger partial charge on any atom is 0.407 e. The van der Waals surface area contributed by atoms with Gasteiger partial charge < -0.3 is 19.7 Å². The van der Waals surface area contributed by atoms with Crippen molar-refractivity contribution in [1.29, 1.82) is 0 Å². The van der Waals surface area contributed by atoms with Gasteiger partial charge in [0.1, 0.15) is 11.9 Å². The minimum absolute atomic E-state index is 0.00680. The van der Waals surface area contributed by atoms with Crippen LogP contribution in [0.25, 0.3) is 0 Å². The van der Waals surface area contributed by atoms with Gasteiger partial charge in [-0.05, 0) is 68.6 Å². The van der Waals surface area contributed by atoms with Crippen LogP contribution in [0.1, 0.15) is 70.3 Å². The molecule has 2 saturated heterocycles. The van der Waals surface area contributed by atoms with E-state index in [1.165, 1.54) is 0 Å². The molecule has 6 heteroatoms. The molecule has 31 heavy (non-hydrogen) atoms. The third-order valence-electron chi connectivity index (χ3n) is 7.76. The summed E-state index contributed by atoms with van der Waals surface area (Å²) in [6.07, 6.45) is 8.43. The molecule has 6 nitrogen and oxygen atoms in total. The van der Waals surface area contributed by atoms with Crippen LogP contribution >= 0.6 is 0 Å². The molecule has 2 amide bonds. The second kappa shape index (κ2) is 9.49. The zero-order valence-corrected chi connectivity index (χ0v) is 18.9. The Balaban J connectivity index is 1.42. The standard InChI is InChI=1S/C25H36N2O4/c1-3-6-20-21-7-4-8-23(28)27-16-5-14-25(21,27)15-13-22(20)31-24(29)26-17-18-9-11-19(30-2)12-10-18/h9-12,20-22H,3-8,13-17H2,1-2H3,(H,26,29)/t20-,21+,22+,25-/m1/s1. The number of amides is 2. The number of benzene rings is 1. The molecule has 0 bridgehead atoms. The van der Waals surface area contributed by atoms with Gasteiger partial charge >= 0.3 is 6.09 Å². The Bertz CT molecular complexity index is 780. The summed E-state index contributed by atoms with van der Waals surface area (Å²) < 4.78 is 11.2. The highest BCUT2D eigenvalue weighted by Gasteiger charge is 2.56. The second-order valence-corrected chi connectivity index (χ2v) is 9.39. The van der Waals surface area contributed by atoms with Crippen LogP contribution in [0.3, 0.4) is 0 Å². The van der Waals surface area contributed by atoms with E-state index in [4.69, 9.17) is 9.47 Å². The summed E-state index contributed by atoms with van der Waals surface area (Å²) in [5.41, 5.74) is 1.02. The van der Waals surface area contributed by atoms with Gasteiger partial charge in [-0.3, -0.25) is 4.79 Å². The van der Waals surface area contributed by atoms with Crippen molar-refractivity contribution in [2.75, 3.05) is 13.7 Å². The van der Waals surface area contributed by atoms with Gasteiger partial charge in [0.2, 0.25) is 5.91 Å². The van der Waals surface area contributed by atoms with Gasteiger partial charge in [0.15, 0.2) is 0 Å². The summed E-state index contributed by atoms with van der Waals surface area (Å²) in [6, 6.07) is 7.67. The summed E-state index contributed by atoms with van der Waals surface area (Å²) in [5, 5.41) is 2.92. The molecule has 170 valence electrons. The normalized spacial score (nSPS) is 30.2. The van der Waals surface area contributed by atoms with Crippen molar-refractivity contribution < 1.29 is 19.1 Å². The van der Waals surface area contributed by atoms with E-state index in [-0.39, 0.29) is 17.7 Å². The van der Waals surface area contributed by atoms with E-state index < -0.39 is 0 Å². The lowest BCUT2D eigenvalue weighted by molar-refractivity contribution is -0.141. The lowest BCUT2D eigenvalue weighted by atomic mass is 9.62. The number of nitrogens with one attached hydrogen (secondary N) is 1. The number of carbonyl (C=O) groups is 2. The third-order valence-corrected chi connectivity index (χ3v) is 7.76. The quantitative estimate of drug-likeness (QED) is 0.715. The van der Waals surface area contributed by atoms with E-state index in [0.29, 0.717) is 30.7 Å². The average molecular weight is 429 g/mol. The van der Waals surface area contributed by atoms with Crippen LogP contribution in [0, 0.1) is 11.8 Å². The largest absolute Gasteiger partial charge is 0.497 e. The SMILES string of the molecule is CCC[C@H]1[C@@H](OC(=O)NCc2ccc(OC)cc2)CC[C@@]23CCCN2C(=O)CCC[C@@H]13. The van der Waals surface area contributed by atoms with Crippen LogP contribution in [0.5, 0.6) is 5.75 Å². The van der Waals surface area contributed by atoms with Crippen molar-refractivity contribution in [2.45, 2.75) is 82.9 Å². The van der Waals surface area contributed by atoms with Gasteiger partial charge in [-0.15, -0.1) is 0 Å². The summed E-state index contributed by atoms with van der Waals surface area (Å²) in [7, 11) is 1.64. The predicted octanol–water partition coefficient (Wildman–Crippen LogP) is 4.66. The van der Waals surface area contributed by atoms with Gasteiger partial charge in [0.05, 0.1) is 7.11 Å². The molecule has 4 rings (SSSR count). The fraction of sp³-hybridized carbons (Fsp3) is 0.680. The molecule has 2 aliphatic heterocycles. The molecule has 4 atom stereocenters. The highest BCUT2D eigenvalue weighted by molar-refractivity contribution is 5.78. The van der Waals surface area contributed by atoms with Gasteiger partial charge in [0.25, 0.3) is 0 Å². The van der Waals surface area contributed by atoms with Crippen LogP contribution in [-0.4, -0.2) is 42.2 Å². The van der Waals surface area contributed by atoms with Crippen molar-refractivity contribution in [3.63, 3.8) is 0 Å². The fourth-order valence-corrected chi connectivity index (χ4v) is 6.42. The van der Waals surface area contributed by atoms with Gasteiger partial charge in [0, 0.05) is 31.0 Å². The molecule has 1 N–H and O–H groups in total. The van der Waals surface area contributed by atoms with Crippen LogP contribution in [0.15, 0.2) is 24.3 Å². The molecular weight excluding hydrogens is 392 g/mol. The van der Waals surface area contributed by atoms with Crippen molar-refractivity contribution >= 4 is 12.0 Å². The first-order valence-corrected chi connectivity index (χ1v) is 12.0. The molecule has 1 aliphatic carbocycles. The Morgan fingerprint density at radius 2 is 2.00 bits per heavy atom. The summed E-state index contributed by atoms with van der Waals surface area (Å²) in [5.74, 6) is 1.91. The van der Waals surface area contributed by atoms with E-state index in [0.717, 1.165) is 69.2 Å². The number of ether oxygens (including phenoxy) is 2. The predicted molar refractivity (Wildman–Crippen MR) is 119 cm³/mol. The highest BCUT2D eigenvalue weighted by Crippen LogP contribution is 2.53. The Morgan fingerprint density at radius 1 is 1.19 bits per heavy atom. The summed E-state index contributed by atoms with van der Waals surface area (Å²) in [4.78, 5) is 27.6. The number of nitrogens with zero attached hydrogens (tertiary/aromatic N) is 1. The molecule has 1 saturated carbocycles. The number of hydrogen-bond donors (Lipinski definition) is 1. The Morgan fingerprint density at radius 3 is 2.74 bits per heavy atom. The Kier molecular flexibility index (Phi) is 6.73. The smallest absolute Gasteiger partial charge is 0.407 e. The van der Waals surface area contributed by atoms with Gasteiger partial charge in [-0.2, -0.15) is 0 Å². The number of rotatable bonds is 6. The maximum atomic E-state index is 12.8. The minimum atomic E-state index is -0.342. The van der Waals surface area contributed by atoms with Crippen molar-refractivity contribution in [1.82, 2.24) is 10.2 Å². The number of carbonyl (C=O) groups excluding carboxylic acids is 2. The molecule has 3 fully saturated rings. The molecule has 1 spiro atoms. The van der Waals surface area contributed by atoms with E-state index in [9.17, 15) is 9.59 Å². The number of alkyl carbamates (subject to hydrolysis) is 1. The molecule has 1 aromatic rings. The monoisotopic (exact) mass is 428 g/mol. The van der Waals surface area contributed by atoms with E-state index in [2.05, 4.69) is 17.1 Å². The lowest BCUT2D eigenvalue weighted by Gasteiger charge is -2.52. The zero-order valence-electron chi connectivity index (χ0n) is 18.9. The van der Waals surface area contributed by atoms with E-state index >= 15 is 0 Å². The van der Waals surface area contributed by atoms with E-state index in [1.54, 1.807) is 7.11 Å².